The van der Waals surface area contributed by atoms with Gasteiger partial charge >= 0.3 is 0 Å². The predicted molar refractivity (Wildman–Crippen MR) is 109 cm³/mol. The van der Waals surface area contributed by atoms with Gasteiger partial charge in [0.2, 0.25) is 0 Å². The molecule has 1 N–H and O–H groups in total. The van der Waals surface area contributed by atoms with Crippen LogP contribution in [-0.4, -0.2) is 79.9 Å². The van der Waals surface area contributed by atoms with Crippen LogP contribution in [0.5, 0.6) is 0 Å². The van der Waals surface area contributed by atoms with Crippen LogP contribution in [0.25, 0.3) is 5.82 Å². The first-order chi connectivity index (χ1) is 14.3. The number of nitrogens with one attached hydrogen (secondary N) is 1. The summed E-state index contributed by atoms with van der Waals surface area (Å²) in [6.07, 6.45) is 2.67. The quantitative estimate of drug-likeness (QED) is 0.571. The molecule has 160 valence electrons. The molecule has 0 aromatic carbocycles. The summed E-state index contributed by atoms with van der Waals surface area (Å²) in [6.45, 7) is 6.80. The van der Waals surface area contributed by atoms with Gasteiger partial charge in [0.15, 0.2) is 10.8 Å². The maximum atomic E-state index is 12.6. The van der Waals surface area contributed by atoms with Crippen molar-refractivity contribution in [3.05, 3.63) is 52.5 Å². The molecule has 3 aromatic heterocycles. The second kappa shape index (κ2) is 8.13. The number of rotatable bonds is 6. The van der Waals surface area contributed by atoms with Crippen molar-refractivity contribution in [2.45, 2.75) is 25.4 Å². The molecule has 11 nitrogen and oxygen atoms in total. The fourth-order valence-corrected chi connectivity index (χ4v) is 4.84. The van der Waals surface area contributed by atoms with Gasteiger partial charge in [-0.15, -0.1) is 5.10 Å². The minimum atomic E-state index is -3.54. The van der Waals surface area contributed by atoms with Crippen LogP contribution in [0.3, 0.4) is 0 Å². The molecule has 0 bridgehead atoms. The van der Waals surface area contributed by atoms with Crippen LogP contribution in [0.15, 0.2) is 40.5 Å². The highest BCUT2D eigenvalue weighted by Gasteiger charge is 2.29. The Labute approximate surface area is 174 Å². The maximum absolute atomic E-state index is 12.6. The average molecular weight is 433 g/mol. The monoisotopic (exact) mass is 432 g/mol. The van der Waals surface area contributed by atoms with Crippen molar-refractivity contribution in [2.75, 3.05) is 32.7 Å². The van der Waals surface area contributed by atoms with Crippen molar-refractivity contribution in [3.63, 3.8) is 0 Å². The van der Waals surface area contributed by atoms with Crippen molar-refractivity contribution in [3.8, 4) is 5.82 Å². The number of hydrogen-bond acceptors (Lipinski definition) is 7. The van der Waals surface area contributed by atoms with E-state index >= 15 is 0 Å². The van der Waals surface area contributed by atoms with E-state index in [-0.39, 0.29) is 10.6 Å². The Morgan fingerprint density at radius 2 is 1.83 bits per heavy atom. The lowest BCUT2D eigenvalue weighted by molar-refractivity contribution is 0.180. The van der Waals surface area contributed by atoms with Gasteiger partial charge in [0.25, 0.3) is 15.6 Å². The number of nitrogens with zero attached hydrogens (tertiary/aromatic N) is 7. The number of piperazine rings is 1. The molecule has 0 atom stereocenters. The Morgan fingerprint density at radius 3 is 2.47 bits per heavy atom. The summed E-state index contributed by atoms with van der Waals surface area (Å²) in [6, 6.07) is 5.11. The van der Waals surface area contributed by atoms with Gasteiger partial charge in [0.05, 0.1) is 24.8 Å². The van der Waals surface area contributed by atoms with Crippen molar-refractivity contribution in [1.29, 1.82) is 0 Å². The fraction of sp³-hybridized carbons (Fsp3) is 0.444. The number of hydrogen-bond donors (Lipinski definition) is 1. The lowest BCUT2D eigenvalue weighted by Crippen LogP contribution is -2.49. The smallest absolute Gasteiger partial charge is 0.266 e. The molecule has 1 aliphatic heterocycles. The fourth-order valence-electron chi connectivity index (χ4n) is 3.53. The molecule has 1 aliphatic rings. The number of imidazole rings is 1. The minimum absolute atomic E-state index is 0.104. The van der Waals surface area contributed by atoms with E-state index in [2.05, 4.69) is 25.1 Å². The number of aromatic amines is 1. The van der Waals surface area contributed by atoms with Crippen LogP contribution in [0, 0.1) is 13.8 Å². The maximum Gasteiger partial charge on any atom is 0.266 e. The average Bonchev–Trinajstić information content (AvgIpc) is 3.38. The molecule has 1 saturated heterocycles. The summed E-state index contributed by atoms with van der Waals surface area (Å²) in [5.41, 5.74) is 1.65. The van der Waals surface area contributed by atoms with Crippen molar-refractivity contribution >= 4 is 10.0 Å². The SMILES string of the molecule is Cc1cc(C)n(-c2ccc(=O)n(CCN3CCN(S(=O)(=O)c4cnc[nH]4)CC3)n2)n1. The predicted octanol–water partition coefficient (Wildman–Crippen LogP) is -0.225. The van der Waals surface area contributed by atoms with Gasteiger partial charge in [-0.2, -0.15) is 9.40 Å². The van der Waals surface area contributed by atoms with E-state index in [4.69, 9.17) is 0 Å². The van der Waals surface area contributed by atoms with Crippen LogP contribution in [0.1, 0.15) is 11.4 Å². The highest BCUT2D eigenvalue weighted by atomic mass is 32.2. The minimum Gasteiger partial charge on any atom is -0.335 e. The van der Waals surface area contributed by atoms with Crippen LogP contribution in [-0.2, 0) is 16.6 Å². The van der Waals surface area contributed by atoms with Gasteiger partial charge in [0, 0.05) is 44.5 Å². The van der Waals surface area contributed by atoms with E-state index in [1.54, 1.807) is 10.7 Å². The Balaban J connectivity index is 1.39. The van der Waals surface area contributed by atoms with Crippen LogP contribution < -0.4 is 5.56 Å². The zero-order valence-corrected chi connectivity index (χ0v) is 17.7. The molecule has 12 heteroatoms. The number of H-pyrrole nitrogens is 1. The second-order valence-electron chi connectivity index (χ2n) is 7.25. The van der Waals surface area contributed by atoms with E-state index in [1.165, 1.54) is 27.6 Å². The molecule has 4 heterocycles. The molecule has 0 saturated carbocycles. The van der Waals surface area contributed by atoms with E-state index in [0.717, 1.165) is 11.4 Å². The Kier molecular flexibility index (Phi) is 5.54. The Morgan fingerprint density at radius 1 is 1.07 bits per heavy atom. The molecule has 0 radical (unpaired) electrons. The number of sulfonamides is 1. The first-order valence-corrected chi connectivity index (χ1v) is 11.1. The van der Waals surface area contributed by atoms with Crippen molar-refractivity contribution in [2.24, 2.45) is 0 Å². The highest BCUT2D eigenvalue weighted by Crippen LogP contribution is 2.15. The number of aryl methyl sites for hydroxylation is 2. The second-order valence-corrected chi connectivity index (χ2v) is 9.16. The first-order valence-electron chi connectivity index (χ1n) is 9.67. The summed E-state index contributed by atoms with van der Waals surface area (Å²) in [4.78, 5) is 20.8. The molecular weight excluding hydrogens is 408 g/mol. The van der Waals surface area contributed by atoms with Crippen molar-refractivity contribution < 1.29 is 8.42 Å². The molecule has 0 aliphatic carbocycles. The standard InChI is InChI=1S/C18H24N8O3S/c1-14-11-15(2)26(21-14)16-3-4-18(27)25(22-16)10-7-23-5-8-24(9-6-23)30(28,29)17-12-19-13-20-17/h3-4,11-13H,5-10H2,1-2H3,(H,19,20). The van der Waals surface area contributed by atoms with E-state index < -0.39 is 10.0 Å². The zero-order chi connectivity index (χ0) is 21.3. The lowest BCUT2D eigenvalue weighted by atomic mass is 10.3. The largest absolute Gasteiger partial charge is 0.335 e. The molecule has 0 unspecified atom stereocenters. The summed E-state index contributed by atoms with van der Waals surface area (Å²) in [5, 5.41) is 8.97. The lowest BCUT2D eigenvalue weighted by Gasteiger charge is -2.33. The Bertz CT molecular complexity index is 1170. The zero-order valence-electron chi connectivity index (χ0n) is 16.9. The summed E-state index contributed by atoms with van der Waals surface area (Å²) < 4.78 is 29.7. The van der Waals surface area contributed by atoms with Crippen LogP contribution in [0.4, 0.5) is 0 Å². The third-order valence-electron chi connectivity index (χ3n) is 5.13. The van der Waals surface area contributed by atoms with E-state index in [1.807, 2.05) is 19.9 Å². The van der Waals surface area contributed by atoms with Crippen LogP contribution >= 0.6 is 0 Å². The van der Waals surface area contributed by atoms with E-state index in [9.17, 15) is 13.2 Å². The van der Waals surface area contributed by atoms with Gasteiger partial charge in [-0.05, 0) is 26.0 Å². The topological polar surface area (TPSA) is 122 Å². The normalized spacial score (nSPS) is 16.2. The molecular formula is C18H24N8O3S. The summed E-state index contributed by atoms with van der Waals surface area (Å²) in [7, 11) is -3.54. The summed E-state index contributed by atoms with van der Waals surface area (Å²) >= 11 is 0. The molecule has 30 heavy (non-hydrogen) atoms. The molecule has 1 fully saturated rings. The van der Waals surface area contributed by atoms with Gasteiger partial charge in [-0.3, -0.25) is 9.69 Å². The summed E-state index contributed by atoms with van der Waals surface area (Å²) in [5.74, 6) is 0.593. The van der Waals surface area contributed by atoms with E-state index in [0.29, 0.717) is 45.1 Å². The number of aromatic nitrogens is 6. The van der Waals surface area contributed by atoms with Gasteiger partial charge in [0.1, 0.15) is 0 Å². The molecule has 4 rings (SSSR count). The van der Waals surface area contributed by atoms with Crippen molar-refractivity contribution in [1.82, 2.24) is 38.7 Å². The van der Waals surface area contributed by atoms with Gasteiger partial charge < -0.3 is 4.98 Å². The third-order valence-corrected chi connectivity index (χ3v) is 6.95. The van der Waals surface area contributed by atoms with Gasteiger partial charge in [-0.25, -0.2) is 22.8 Å². The molecule has 0 amide bonds. The third kappa shape index (κ3) is 4.06. The van der Waals surface area contributed by atoms with Crippen LogP contribution in [0.2, 0.25) is 0 Å². The Hall–Kier alpha value is -2.83. The van der Waals surface area contributed by atoms with Gasteiger partial charge in [-0.1, -0.05) is 0 Å². The first kappa shape index (κ1) is 20.4. The molecule has 3 aromatic rings. The highest BCUT2D eigenvalue weighted by molar-refractivity contribution is 7.89. The molecule has 0 spiro atoms.